The van der Waals surface area contributed by atoms with Crippen LogP contribution in [0.2, 0.25) is 0 Å². The number of nitrogens with one attached hydrogen (secondary N) is 1. The first kappa shape index (κ1) is 15.2. The molecule has 1 fully saturated rings. The standard InChI is InChI=1S/C13H15FN2O5/c1-2-21-8-3-7(4-8)15-11-5-9(13(17)18)12(16(19)20)6-10(11)14/h5-8,15H,2-4H2,1H3,(H,17,18). The number of nitrogens with zero attached hydrogens (tertiary/aromatic N) is 1. The van der Waals surface area contributed by atoms with E-state index in [1.54, 1.807) is 0 Å². The molecule has 1 aliphatic carbocycles. The number of hydrogen-bond acceptors (Lipinski definition) is 5. The second-order valence-corrected chi connectivity index (χ2v) is 4.80. The lowest BCUT2D eigenvalue weighted by Gasteiger charge is -2.36. The molecule has 114 valence electrons. The van der Waals surface area contributed by atoms with Gasteiger partial charge in [-0.3, -0.25) is 10.1 Å². The number of rotatable bonds is 6. The fraction of sp³-hybridized carbons (Fsp3) is 0.462. The van der Waals surface area contributed by atoms with Gasteiger partial charge in [0.1, 0.15) is 5.56 Å². The molecular weight excluding hydrogens is 283 g/mol. The monoisotopic (exact) mass is 298 g/mol. The molecule has 1 aliphatic rings. The van der Waals surface area contributed by atoms with Crippen molar-refractivity contribution in [3.8, 4) is 0 Å². The van der Waals surface area contributed by atoms with E-state index in [9.17, 15) is 19.3 Å². The maximum absolute atomic E-state index is 13.8. The van der Waals surface area contributed by atoms with E-state index < -0.39 is 28.0 Å². The molecule has 0 atom stereocenters. The molecule has 2 N–H and O–H groups in total. The Bertz CT molecular complexity index is 572. The van der Waals surface area contributed by atoms with Gasteiger partial charge in [-0.1, -0.05) is 0 Å². The van der Waals surface area contributed by atoms with E-state index in [1.807, 2.05) is 6.92 Å². The molecule has 0 spiro atoms. The number of ether oxygens (including phenoxy) is 1. The number of aromatic carboxylic acids is 1. The number of anilines is 1. The minimum absolute atomic E-state index is 0.0286. The Balaban J connectivity index is 2.16. The third-order valence-corrected chi connectivity index (χ3v) is 3.37. The number of carbonyl (C=O) groups is 1. The molecule has 1 saturated carbocycles. The molecule has 7 nitrogen and oxygen atoms in total. The number of carboxylic acid groups (broad SMARTS) is 1. The van der Waals surface area contributed by atoms with Crippen molar-refractivity contribution < 1.29 is 24.0 Å². The van der Waals surface area contributed by atoms with Crippen LogP contribution in [0, 0.1) is 15.9 Å². The molecule has 0 aliphatic heterocycles. The summed E-state index contributed by atoms with van der Waals surface area (Å²) in [5.41, 5.74) is -1.34. The van der Waals surface area contributed by atoms with Gasteiger partial charge in [0, 0.05) is 12.6 Å². The maximum atomic E-state index is 13.8. The Morgan fingerprint density at radius 1 is 1.57 bits per heavy atom. The summed E-state index contributed by atoms with van der Waals surface area (Å²) in [4.78, 5) is 20.8. The van der Waals surface area contributed by atoms with Crippen LogP contribution in [-0.2, 0) is 4.74 Å². The molecule has 0 heterocycles. The highest BCUT2D eigenvalue weighted by Gasteiger charge is 2.31. The van der Waals surface area contributed by atoms with Crippen molar-refractivity contribution in [2.24, 2.45) is 0 Å². The zero-order valence-corrected chi connectivity index (χ0v) is 11.3. The normalized spacial score (nSPS) is 20.7. The van der Waals surface area contributed by atoms with E-state index in [4.69, 9.17) is 9.84 Å². The van der Waals surface area contributed by atoms with Crippen LogP contribution in [0.1, 0.15) is 30.1 Å². The quantitative estimate of drug-likeness (QED) is 0.617. The van der Waals surface area contributed by atoms with E-state index in [2.05, 4.69) is 5.32 Å². The Hall–Kier alpha value is -2.22. The van der Waals surface area contributed by atoms with Crippen molar-refractivity contribution in [3.63, 3.8) is 0 Å². The minimum atomic E-state index is -1.47. The first-order chi connectivity index (χ1) is 9.92. The van der Waals surface area contributed by atoms with Gasteiger partial charge < -0.3 is 15.2 Å². The summed E-state index contributed by atoms with van der Waals surface area (Å²) < 4.78 is 19.2. The second-order valence-electron chi connectivity index (χ2n) is 4.80. The van der Waals surface area contributed by atoms with Crippen molar-refractivity contribution in [1.29, 1.82) is 0 Å². The van der Waals surface area contributed by atoms with Crippen molar-refractivity contribution >= 4 is 17.3 Å². The SMILES string of the molecule is CCOC1CC(Nc2cc(C(=O)O)c([N+](=O)[O-])cc2F)C1. The molecule has 0 bridgehead atoms. The van der Waals surface area contributed by atoms with Gasteiger partial charge in [-0.15, -0.1) is 0 Å². The fourth-order valence-corrected chi connectivity index (χ4v) is 2.27. The van der Waals surface area contributed by atoms with Crippen molar-refractivity contribution in [2.75, 3.05) is 11.9 Å². The topological polar surface area (TPSA) is 102 Å². The van der Waals surface area contributed by atoms with Crippen LogP contribution in [0.4, 0.5) is 15.8 Å². The lowest BCUT2D eigenvalue weighted by molar-refractivity contribution is -0.385. The van der Waals surface area contributed by atoms with Crippen molar-refractivity contribution in [1.82, 2.24) is 0 Å². The van der Waals surface area contributed by atoms with Gasteiger partial charge >= 0.3 is 5.97 Å². The van der Waals surface area contributed by atoms with Crippen molar-refractivity contribution in [3.05, 3.63) is 33.6 Å². The third kappa shape index (κ3) is 3.27. The third-order valence-electron chi connectivity index (χ3n) is 3.37. The van der Waals surface area contributed by atoms with Gasteiger partial charge in [-0.25, -0.2) is 9.18 Å². The highest BCUT2D eigenvalue weighted by molar-refractivity contribution is 5.93. The average Bonchev–Trinajstić information content (AvgIpc) is 2.37. The number of benzene rings is 1. The molecule has 0 amide bonds. The van der Waals surface area contributed by atoms with Crippen LogP contribution in [0.25, 0.3) is 0 Å². The summed E-state index contributed by atoms with van der Waals surface area (Å²) in [6.07, 6.45) is 1.49. The minimum Gasteiger partial charge on any atom is -0.477 e. The first-order valence-electron chi connectivity index (χ1n) is 6.51. The summed E-state index contributed by atoms with van der Waals surface area (Å²) >= 11 is 0. The molecule has 21 heavy (non-hydrogen) atoms. The Morgan fingerprint density at radius 2 is 2.24 bits per heavy atom. The van der Waals surface area contributed by atoms with E-state index in [-0.39, 0.29) is 17.8 Å². The summed E-state index contributed by atoms with van der Waals surface area (Å²) in [6, 6.07) is 1.56. The zero-order valence-electron chi connectivity index (χ0n) is 11.3. The highest BCUT2D eigenvalue weighted by Crippen LogP contribution is 2.31. The van der Waals surface area contributed by atoms with Crippen molar-refractivity contribution in [2.45, 2.75) is 31.9 Å². The van der Waals surface area contributed by atoms with Gasteiger partial charge in [0.25, 0.3) is 5.69 Å². The number of carboxylic acids is 1. The van der Waals surface area contributed by atoms with Crippen LogP contribution < -0.4 is 5.32 Å². The van der Waals surface area contributed by atoms with Gasteiger partial charge in [-0.2, -0.15) is 0 Å². The predicted octanol–water partition coefficient (Wildman–Crippen LogP) is 2.41. The van der Waals surface area contributed by atoms with Gasteiger partial charge in [0.05, 0.1) is 22.8 Å². The highest BCUT2D eigenvalue weighted by atomic mass is 19.1. The molecule has 0 radical (unpaired) electrons. The molecule has 0 aromatic heterocycles. The summed E-state index contributed by atoms with van der Waals surface area (Å²) in [7, 11) is 0. The van der Waals surface area contributed by atoms with Gasteiger partial charge in [0.2, 0.25) is 0 Å². The van der Waals surface area contributed by atoms with E-state index in [1.165, 1.54) is 0 Å². The first-order valence-corrected chi connectivity index (χ1v) is 6.51. The number of hydrogen-bond donors (Lipinski definition) is 2. The average molecular weight is 298 g/mol. The number of nitro groups is 1. The lowest BCUT2D eigenvalue weighted by atomic mass is 9.89. The summed E-state index contributed by atoms with van der Waals surface area (Å²) in [5.74, 6) is -2.31. The molecule has 8 heteroatoms. The lowest BCUT2D eigenvalue weighted by Crippen LogP contribution is -2.41. The van der Waals surface area contributed by atoms with Crippen LogP contribution >= 0.6 is 0 Å². The van der Waals surface area contributed by atoms with Gasteiger partial charge in [0.15, 0.2) is 5.82 Å². The number of nitro benzene ring substituents is 1. The molecule has 0 unspecified atom stereocenters. The molecular formula is C13H15FN2O5. The molecule has 1 aromatic carbocycles. The largest absolute Gasteiger partial charge is 0.477 e. The number of halogens is 1. The Kier molecular flexibility index (Phi) is 4.37. The molecule has 2 rings (SSSR count). The fourth-order valence-electron chi connectivity index (χ4n) is 2.27. The van der Waals surface area contributed by atoms with E-state index in [0.717, 1.165) is 6.07 Å². The second kappa shape index (κ2) is 6.04. The van der Waals surface area contributed by atoms with Crippen LogP contribution in [0.5, 0.6) is 0 Å². The summed E-state index contributed by atoms with van der Waals surface area (Å²) in [6.45, 7) is 2.49. The molecule has 1 aromatic rings. The van der Waals surface area contributed by atoms with Crippen LogP contribution in [0.3, 0.4) is 0 Å². The zero-order chi connectivity index (χ0) is 15.6. The van der Waals surface area contributed by atoms with Gasteiger partial charge in [-0.05, 0) is 25.8 Å². The predicted molar refractivity (Wildman–Crippen MR) is 72.1 cm³/mol. The molecule has 0 saturated heterocycles. The Labute approximate surface area is 119 Å². The van der Waals surface area contributed by atoms with Crippen LogP contribution in [0.15, 0.2) is 12.1 Å². The van der Waals surface area contributed by atoms with E-state index >= 15 is 0 Å². The summed E-state index contributed by atoms with van der Waals surface area (Å²) in [5, 5.41) is 22.6. The Morgan fingerprint density at radius 3 is 2.76 bits per heavy atom. The smallest absolute Gasteiger partial charge is 0.342 e. The van der Waals surface area contributed by atoms with E-state index in [0.29, 0.717) is 25.5 Å². The van der Waals surface area contributed by atoms with Crippen LogP contribution in [-0.4, -0.2) is 34.8 Å². The maximum Gasteiger partial charge on any atom is 0.342 e.